The Kier molecular flexibility index (Phi) is 4.05. The van der Waals surface area contributed by atoms with E-state index in [-0.39, 0.29) is 11.8 Å². The van der Waals surface area contributed by atoms with Crippen LogP contribution in [0.2, 0.25) is 0 Å². The minimum absolute atomic E-state index is 0.0241. The number of hydrogen-bond donors (Lipinski definition) is 1. The van der Waals surface area contributed by atoms with Crippen molar-refractivity contribution >= 4 is 11.8 Å². The molecule has 0 aromatic heterocycles. The number of carbonyl (C=O) groups is 2. The van der Waals surface area contributed by atoms with Crippen LogP contribution in [0.4, 0.5) is 0 Å². The lowest BCUT2D eigenvalue weighted by Crippen LogP contribution is -2.46. The molecule has 4 nitrogen and oxygen atoms in total. The molecule has 0 aromatic carbocycles. The van der Waals surface area contributed by atoms with Crippen molar-refractivity contribution in [1.29, 1.82) is 0 Å². The van der Waals surface area contributed by atoms with Crippen LogP contribution < -0.4 is 5.32 Å². The Bertz CT molecular complexity index is 331. The Morgan fingerprint density at radius 3 is 2.50 bits per heavy atom. The average Bonchev–Trinajstić information content (AvgIpc) is 2.65. The highest BCUT2D eigenvalue weighted by Gasteiger charge is 2.49. The van der Waals surface area contributed by atoms with Gasteiger partial charge in [-0.1, -0.05) is 20.3 Å². The number of imide groups is 1. The maximum Gasteiger partial charge on any atom is 0.235 e. The quantitative estimate of drug-likeness (QED) is 0.775. The first-order valence-electron chi connectivity index (χ1n) is 7.21. The summed E-state index contributed by atoms with van der Waals surface area (Å²) in [7, 11) is 0. The van der Waals surface area contributed by atoms with Crippen molar-refractivity contribution in [1.82, 2.24) is 10.2 Å². The van der Waals surface area contributed by atoms with Gasteiger partial charge in [0.25, 0.3) is 0 Å². The van der Waals surface area contributed by atoms with Crippen molar-refractivity contribution in [3.05, 3.63) is 0 Å². The number of amides is 2. The monoisotopic (exact) mass is 252 g/mol. The van der Waals surface area contributed by atoms with E-state index < -0.39 is 5.41 Å². The second-order valence-corrected chi connectivity index (χ2v) is 5.62. The zero-order chi connectivity index (χ0) is 13.2. The first-order chi connectivity index (χ1) is 8.63. The van der Waals surface area contributed by atoms with Crippen LogP contribution in [-0.2, 0) is 9.59 Å². The van der Waals surface area contributed by atoms with Crippen molar-refractivity contribution in [2.24, 2.45) is 5.41 Å². The number of rotatable bonds is 4. The molecule has 0 saturated carbocycles. The van der Waals surface area contributed by atoms with E-state index in [4.69, 9.17) is 0 Å². The largest absolute Gasteiger partial charge is 0.312 e. The lowest BCUT2D eigenvalue weighted by molar-refractivity contribution is -0.142. The summed E-state index contributed by atoms with van der Waals surface area (Å²) in [5.74, 6) is 0.0842. The fourth-order valence-corrected chi connectivity index (χ4v) is 3.15. The van der Waals surface area contributed by atoms with E-state index >= 15 is 0 Å². The second kappa shape index (κ2) is 5.39. The highest BCUT2D eigenvalue weighted by atomic mass is 16.2. The van der Waals surface area contributed by atoms with E-state index in [1.165, 1.54) is 17.7 Å². The topological polar surface area (TPSA) is 49.4 Å². The van der Waals surface area contributed by atoms with Crippen LogP contribution in [-0.4, -0.2) is 35.8 Å². The van der Waals surface area contributed by atoms with E-state index in [0.717, 1.165) is 25.8 Å². The third kappa shape index (κ3) is 2.30. The van der Waals surface area contributed by atoms with Crippen LogP contribution in [0.25, 0.3) is 0 Å². The van der Waals surface area contributed by atoms with Crippen LogP contribution in [0, 0.1) is 5.41 Å². The third-order valence-electron chi connectivity index (χ3n) is 4.66. The van der Waals surface area contributed by atoms with Gasteiger partial charge < -0.3 is 5.32 Å². The standard InChI is InChI=1S/C14H24N2O2/c1-3-14(4-2)9-12(17)16(13(14)18)10-11-7-5-6-8-15-11/h11,15H,3-10H2,1-2H3. The minimum atomic E-state index is -0.411. The molecule has 0 aliphatic carbocycles. The number of likely N-dealkylation sites (tertiary alicyclic amines) is 1. The van der Waals surface area contributed by atoms with Gasteiger partial charge in [0, 0.05) is 19.0 Å². The summed E-state index contributed by atoms with van der Waals surface area (Å²) in [6.45, 7) is 5.60. The van der Waals surface area contributed by atoms with Crippen LogP contribution in [0.5, 0.6) is 0 Å². The normalized spacial score (nSPS) is 27.9. The molecule has 1 atom stereocenters. The molecular formula is C14H24N2O2. The Labute approximate surface area is 109 Å². The van der Waals surface area contributed by atoms with Crippen molar-refractivity contribution in [3.8, 4) is 0 Å². The molecule has 4 heteroatoms. The lowest BCUT2D eigenvalue weighted by atomic mass is 9.81. The summed E-state index contributed by atoms with van der Waals surface area (Å²) in [4.78, 5) is 26.0. The van der Waals surface area contributed by atoms with Crippen LogP contribution in [0.15, 0.2) is 0 Å². The van der Waals surface area contributed by atoms with Crippen LogP contribution in [0.1, 0.15) is 52.4 Å². The molecule has 1 N–H and O–H groups in total. The fraction of sp³-hybridized carbons (Fsp3) is 0.857. The molecule has 18 heavy (non-hydrogen) atoms. The number of piperidine rings is 1. The summed E-state index contributed by atoms with van der Waals surface area (Å²) in [6.07, 6.45) is 5.41. The molecular weight excluding hydrogens is 228 g/mol. The van der Waals surface area contributed by atoms with Gasteiger partial charge in [-0.2, -0.15) is 0 Å². The summed E-state index contributed by atoms with van der Waals surface area (Å²) >= 11 is 0. The zero-order valence-corrected chi connectivity index (χ0v) is 11.5. The Morgan fingerprint density at radius 2 is 2.00 bits per heavy atom. The van der Waals surface area contributed by atoms with Crippen LogP contribution >= 0.6 is 0 Å². The first kappa shape index (κ1) is 13.5. The number of carbonyl (C=O) groups excluding carboxylic acids is 2. The van der Waals surface area contributed by atoms with Gasteiger partial charge in [-0.3, -0.25) is 14.5 Å². The van der Waals surface area contributed by atoms with E-state index in [0.29, 0.717) is 19.0 Å². The van der Waals surface area contributed by atoms with Gasteiger partial charge in [-0.25, -0.2) is 0 Å². The van der Waals surface area contributed by atoms with Crippen molar-refractivity contribution < 1.29 is 9.59 Å². The van der Waals surface area contributed by atoms with Gasteiger partial charge in [0.2, 0.25) is 11.8 Å². The van der Waals surface area contributed by atoms with Gasteiger partial charge in [0.1, 0.15) is 0 Å². The highest BCUT2D eigenvalue weighted by molar-refractivity contribution is 6.05. The number of nitrogens with zero attached hydrogens (tertiary/aromatic N) is 1. The maximum absolute atomic E-state index is 12.5. The maximum atomic E-state index is 12.5. The Balaban J connectivity index is 2.04. The van der Waals surface area contributed by atoms with Gasteiger partial charge in [-0.15, -0.1) is 0 Å². The molecule has 0 spiro atoms. The fourth-order valence-electron chi connectivity index (χ4n) is 3.15. The molecule has 2 amide bonds. The Hall–Kier alpha value is -0.900. The molecule has 1 unspecified atom stereocenters. The van der Waals surface area contributed by atoms with E-state index in [9.17, 15) is 9.59 Å². The number of hydrogen-bond acceptors (Lipinski definition) is 3. The molecule has 0 aromatic rings. The third-order valence-corrected chi connectivity index (χ3v) is 4.66. The van der Waals surface area contributed by atoms with Gasteiger partial charge in [-0.05, 0) is 32.2 Å². The molecule has 0 radical (unpaired) electrons. The Morgan fingerprint density at radius 1 is 1.28 bits per heavy atom. The summed E-state index contributed by atoms with van der Waals surface area (Å²) in [5.41, 5.74) is -0.411. The van der Waals surface area contributed by atoms with Crippen molar-refractivity contribution in [2.75, 3.05) is 13.1 Å². The van der Waals surface area contributed by atoms with E-state index in [1.54, 1.807) is 0 Å². The second-order valence-electron chi connectivity index (χ2n) is 5.62. The highest BCUT2D eigenvalue weighted by Crippen LogP contribution is 2.39. The summed E-state index contributed by atoms with van der Waals surface area (Å²) < 4.78 is 0. The first-order valence-corrected chi connectivity index (χ1v) is 7.21. The lowest BCUT2D eigenvalue weighted by Gasteiger charge is -2.29. The smallest absolute Gasteiger partial charge is 0.235 e. The summed E-state index contributed by atoms with van der Waals surface area (Å²) in [6, 6.07) is 0.302. The minimum Gasteiger partial charge on any atom is -0.312 e. The molecule has 2 rings (SSSR count). The average molecular weight is 252 g/mol. The molecule has 2 aliphatic heterocycles. The molecule has 2 saturated heterocycles. The molecule has 2 fully saturated rings. The molecule has 102 valence electrons. The molecule has 2 aliphatic rings. The predicted octanol–water partition coefficient (Wildman–Crippen LogP) is 1.69. The summed E-state index contributed by atoms with van der Waals surface area (Å²) in [5, 5.41) is 3.40. The molecule has 0 bridgehead atoms. The van der Waals surface area contributed by atoms with Crippen molar-refractivity contribution in [3.63, 3.8) is 0 Å². The van der Waals surface area contributed by atoms with Crippen LogP contribution in [0.3, 0.4) is 0 Å². The van der Waals surface area contributed by atoms with Gasteiger partial charge in [0.05, 0.1) is 5.41 Å². The zero-order valence-electron chi connectivity index (χ0n) is 11.5. The van der Waals surface area contributed by atoms with E-state index in [1.807, 2.05) is 13.8 Å². The number of nitrogens with one attached hydrogen (secondary N) is 1. The van der Waals surface area contributed by atoms with Crippen molar-refractivity contribution in [2.45, 2.75) is 58.4 Å². The van der Waals surface area contributed by atoms with E-state index in [2.05, 4.69) is 5.32 Å². The van der Waals surface area contributed by atoms with Gasteiger partial charge in [0.15, 0.2) is 0 Å². The molecule has 2 heterocycles. The predicted molar refractivity (Wildman–Crippen MR) is 70.0 cm³/mol. The van der Waals surface area contributed by atoms with Gasteiger partial charge >= 0.3 is 0 Å². The SMILES string of the molecule is CCC1(CC)CC(=O)N(CC2CCCCN2)C1=O.